The summed E-state index contributed by atoms with van der Waals surface area (Å²) in [4.78, 5) is 15.7. The number of carbonyl (C=O) groups excluding carboxylic acids is 1. The van der Waals surface area contributed by atoms with E-state index in [1.165, 1.54) is 12.1 Å². The minimum absolute atomic E-state index is 0.246. The lowest BCUT2D eigenvalue weighted by molar-refractivity contribution is 0.208. The Kier molecular flexibility index (Phi) is 4.80. The van der Waals surface area contributed by atoms with E-state index in [0.29, 0.717) is 43.1 Å². The number of nitrogens with zero attached hydrogens (tertiary/aromatic N) is 3. The summed E-state index contributed by atoms with van der Waals surface area (Å²) in [5, 5.41) is 11.5. The zero-order valence-corrected chi connectivity index (χ0v) is 13.4. The van der Waals surface area contributed by atoms with Gasteiger partial charge in [0.15, 0.2) is 0 Å². The fraction of sp³-hybridized carbons (Fsp3) is 0.222. The number of hydrogen-bond acceptors (Lipinski definition) is 3. The lowest BCUT2D eigenvalue weighted by Gasteiger charge is -2.36. The van der Waals surface area contributed by atoms with Crippen molar-refractivity contribution in [3.05, 3.63) is 59.7 Å². The Morgan fingerprint density at radius 1 is 1.04 bits per heavy atom. The third kappa shape index (κ3) is 3.86. The number of hydrogen-bond donors (Lipinski definition) is 1. The van der Waals surface area contributed by atoms with E-state index in [0.717, 1.165) is 6.07 Å². The van der Waals surface area contributed by atoms with Crippen LogP contribution in [0.1, 0.15) is 5.56 Å². The quantitative estimate of drug-likeness (QED) is 0.912. The summed E-state index contributed by atoms with van der Waals surface area (Å²) >= 11 is 0. The number of urea groups is 1. The highest BCUT2D eigenvalue weighted by Gasteiger charge is 2.23. The van der Waals surface area contributed by atoms with Crippen LogP contribution in [0, 0.1) is 23.0 Å². The summed E-state index contributed by atoms with van der Waals surface area (Å²) in [6, 6.07) is 11.9. The summed E-state index contributed by atoms with van der Waals surface area (Å²) < 4.78 is 26.8. The molecule has 2 aromatic carbocycles. The number of benzene rings is 2. The smallest absolute Gasteiger partial charge is 0.321 e. The fourth-order valence-corrected chi connectivity index (χ4v) is 2.72. The lowest BCUT2D eigenvalue weighted by Crippen LogP contribution is -2.50. The standard InChI is InChI=1S/C18H16F2N4O/c19-14-3-6-17(16(20)11-14)23-7-9-24(10-8-23)18(25)22-15-4-1-13(12-21)2-5-15/h1-6,11H,7-10H2,(H,22,25). The van der Waals surface area contributed by atoms with E-state index in [4.69, 9.17) is 5.26 Å². The van der Waals surface area contributed by atoms with Gasteiger partial charge in [-0.05, 0) is 36.4 Å². The van der Waals surface area contributed by atoms with E-state index < -0.39 is 11.6 Å². The van der Waals surface area contributed by atoms with Crippen LogP contribution in [-0.2, 0) is 0 Å². The molecule has 0 spiro atoms. The van der Waals surface area contributed by atoms with Gasteiger partial charge in [0.25, 0.3) is 0 Å². The monoisotopic (exact) mass is 342 g/mol. The second-order valence-corrected chi connectivity index (χ2v) is 5.69. The van der Waals surface area contributed by atoms with E-state index in [1.807, 2.05) is 6.07 Å². The number of carbonyl (C=O) groups is 1. The molecule has 0 radical (unpaired) electrons. The first kappa shape index (κ1) is 16.7. The van der Waals surface area contributed by atoms with Crippen molar-refractivity contribution in [1.29, 1.82) is 5.26 Å². The van der Waals surface area contributed by atoms with Gasteiger partial charge in [-0.15, -0.1) is 0 Å². The van der Waals surface area contributed by atoms with Crippen molar-refractivity contribution < 1.29 is 13.6 Å². The molecule has 0 atom stereocenters. The fourth-order valence-electron chi connectivity index (χ4n) is 2.72. The first-order valence-corrected chi connectivity index (χ1v) is 7.83. The van der Waals surface area contributed by atoms with Crippen LogP contribution >= 0.6 is 0 Å². The van der Waals surface area contributed by atoms with Gasteiger partial charge >= 0.3 is 6.03 Å². The zero-order chi connectivity index (χ0) is 17.8. The molecule has 2 aromatic rings. The number of anilines is 2. The van der Waals surface area contributed by atoms with Crippen molar-refractivity contribution >= 4 is 17.4 Å². The van der Waals surface area contributed by atoms with Crippen LogP contribution in [0.2, 0.25) is 0 Å². The second kappa shape index (κ2) is 7.18. The molecule has 1 fully saturated rings. The van der Waals surface area contributed by atoms with Gasteiger partial charge in [-0.2, -0.15) is 5.26 Å². The Bertz CT molecular complexity index is 809. The first-order valence-electron chi connectivity index (χ1n) is 7.83. The van der Waals surface area contributed by atoms with E-state index in [-0.39, 0.29) is 6.03 Å². The van der Waals surface area contributed by atoms with E-state index in [2.05, 4.69) is 5.32 Å². The highest BCUT2D eigenvalue weighted by Crippen LogP contribution is 2.21. The maximum absolute atomic E-state index is 13.8. The Balaban J connectivity index is 1.57. The highest BCUT2D eigenvalue weighted by atomic mass is 19.1. The SMILES string of the molecule is N#Cc1ccc(NC(=O)N2CCN(c3ccc(F)cc3F)CC2)cc1. The van der Waals surface area contributed by atoms with E-state index in [1.54, 1.807) is 34.1 Å². The maximum atomic E-state index is 13.8. The van der Waals surface area contributed by atoms with Crippen LogP contribution in [-0.4, -0.2) is 37.1 Å². The van der Waals surface area contributed by atoms with Crippen molar-refractivity contribution in [2.24, 2.45) is 0 Å². The minimum Gasteiger partial charge on any atom is -0.366 e. The Hall–Kier alpha value is -3.14. The molecule has 128 valence electrons. The third-order valence-electron chi connectivity index (χ3n) is 4.08. The summed E-state index contributed by atoms with van der Waals surface area (Å²) in [5.41, 5.74) is 1.47. The van der Waals surface area contributed by atoms with Crippen molar-refractivity contribution in [2.45, 2.75) is 0 Å². The molecule has 1 N–H and O–H groups in total. The molecule has 2 amide bonds. The molecule has 5 nitrogen and oxygen atoms in total. The van der Waals surface area contributed by atoms with Gasteiger partial charge in [0.2, 0.25) is 0 Å². The largest absolute Gasteiger partial charge is 0.366 e. The molecule has 0 saturated carbocycles. The van der Waals surface area contributed by atoms with Crippen LogP contribution in [0.15, 0.2) is 42.5 Å². The molecule has 0 aliphatic carbocycles. The van der Waals surface area contributed by atoms with Gasteiger partial charge in [-0.1, -0.05) is 0 Å². The number of rotatable bonds is 2. The molecule has 25 heavy (non-hydrogen) atoms. The molecule has 1 heterocycles. The Morgan fingerprint density at radius 3 is 2.32 bits per heavy atom. The molecule has 1 aliphatic heterocycles. The number of piperazine rings is 1. The number of halogens is 2. The normalized spacial score (nSPS) is 14.1. The van der Waals surface area contributed by atoms with Gasteiger partial charge < -0.3 is 15.1 Å². The predicted octanol–water partition coefficient (Wildman–Crippen LogP) is 3.19. The second-order valence-electron chi connectivity index (χ2n) is 5.69. The molecular weight excluding hydrogens is 326 g/mol. The molecule has 1 aliphatic rings. The topological polar surface area (TPSA) is 59.4 Å². The predicted molar refractivity (Wildman–Crippen MR) is 90.3 cm³/mol. The van der Waals surface area contributed by atoms with Crippen LogP contribution in [0.5, 0.6) is 0 Å². The van der Waals surface area contributed by atoms with Crippen molar-refractivity contribution in [1.82, 2.24) is 4.90 Å². The number of nitrogens with one attached hydrogen (secondary N) is 1. The Labute approximate surface area is 144 Å². The summed E-state index contributed by atoms with van der Waals surface area (Å²) in [7, 11) is 0. The van der Waals surface area contributed by atoms with E-state index >= 15 is 0 Å². The number of amides is 2. The van der Waals surface area contributed by atoms with Crippen molar-refractivity contribution in [2.75, 3.05) is 36.4 Å². The van der Waals surface area contributed by atoms with E-state index in [9.17, 15) is 13.6 Å². The van der Waals surface area contributed by atoms with Crippen molar-refractivity contribution in [3.8, 4) is 6.07 Å². The molecule has 0 unspecified atom stereocenters. The number of nitriles is 1. The van der Waals surface area contributed by atoms with Crippen LogP contribution in [0.4, 0.5) is 25.0 Å². The summed E-state index contributed by atoms with van der Waals surface area (Å²) in [5.74, 6) is -1.21. The maximum Gasteiger partial charge on any atom is 0.321 e. The Morgan fingerprint density at radius 2 is 1.72 bits per heavy atom. The summed E-state index contributed by atoms with van der Waals surface area (Å²) in [6.07, 6.45) is 0. The molecule has 0 aromatic heterocycles. The van der Waals surface area contributed by atoms with Gasteiger partial charge in [0, 0.05) is 37.9 Å². The van der Waals surface area contributed by atoms with Crippen LogP contribution in [0.25, 0.3) is 0 Å². The molecular formula is C18H16F2N4O. The van der Waals surface area contributed by atoms with Gasteiger partial charge in [0.1, 0.15) is 11.6 Å². The molecule has 1 saturated heterocycles. The lowest BCUT2D eigenvalue weighted by atomic mass is 10.2. The first-order chi connectivity index (χ1) is 12.1. The van der Waals surface area contributed by atoms with Crippen molar-refractivity contribution in [3.63, 3.8) is 0 Å². The van der Waals surface area contributed by atoms with Gasteiger partial charge in [-0.3, -0.25) is 0 Å². The third-order valence-corrected chi connectivity index (χ3v) is 4.08. The van der Waals surface area contributed by atoms with Gasteiger partial charge in [-0.25, -0.2) is 13.6 Å². The van der Waals surface area contributed by atoms with Crippen LogP contribution in [0.3, 0.4) is 0 Å². The minimum atomic E-state index is -0.610. The average molecular weight is 342 g/mol. The average Bonchev–Trinajstić information content (AvgIpc) is 2.62. The zero-order valence-electron chi connectivity index (χ0n) is 13.4. The molecule has 7 heteroatoms. The molecule has 0 bridgehead atoms. The summed E-state index contributed by atoms with van der Waals surface area (Å²) in [6.45, 7) is 1.78. The van der Waals surface area contributed by atoms with Crippen LogP contribution < -0.4 is 10.2 Å². The highest BCUT2D eigenvalue weighted by molar-refractivity contribution is 5.89. The van der Waals surface area contributed by atoms with Gasteiger partial charge in [0.05, 0.1) is 17.3 Å². The molecule has 3 rings (SSSR count).